The van der Waals surface area contributed by atoms with Crippen molar-refractivity contribution in [1.29, 1.82) is 0 Å². The lowest BCUT2D eigenvalue weighted by Crippen LogP contribution is -2.20. The molecular formula is C19H21NO7S. The van der Waals surface area contributed by atoms with Crippen LogP contribution in [0.5, 0.6) is 11.5 Å². The Labute approximate surface area is 163 Å². The SMILES string of the molecule is CNS(=O)(=O)c1cc(C(=O)OCc2cc(C(C)=O)ccc2OC)ccc1OC. The highest BCUT2D eigenvalue weighted by Gasteiger charge is 2.21. The second-order valence-corrected chi connectivity index (χ2v) is 7.59. The van der Waals surface area contributed by atoms with Gasteiger partial charge in [0.15, 0.2) is 5.78 Å². The van der Waals surface area contributed by atoms with Gasteiger partial charge in [-0.3, -0.25) is 4.79 Å². The number of methoxy groups -OCH3 is 2. The molecule has 1 N–H and O–H groups in total. The van der Waals surface area contributed by atoms with Gasteiger partial charge in [-0.1, -0.05) is 0 Å². The lowest BCUT2D eigenvalue weighted by atomic mass is 10.1. The Balaban J connectivity index is 2.28. The topological polar surface area (TPSA) is 108 Å². The second-order valence-electron chi connectivity index (χ2n) is 5.73. The molecule has 28 heavy (non-hydrogen) atoms. The third-order valence-corrected chi connectivity index (χ3v) is 5.44. The summed E-state index contributed by atoms with van der Waals surface area (Å²) in [5.41, 5.74) is 1.01. The number of ether oxygens (including phenoxy) is 3. The Morgan fingerprint density at radius 3 is 2.14 bits per heavy atom. The molecule has 2 aromatic carbocycles. The Morgan fingerprint density at radius 1 is 0.964 bits per heavy atom. The predicted octanol–water partition coefficient (Wildman–Crippen LogP) is 2.17. The highest BCUT2D eigenvalue weighted by molar-refractivity contribution is 7.89. The number of rotatable bonds is 8. The van der Waals surface area contributed by atoms with Crippen molar-refractivity contribution < 1.29 is 32.2 Å². The molecule has 0 atom stereocenters. The first kappa shape index (κ1) is 21.4. The van der Waals surface area contributed by atoms with Crippen LogP contribution in [0.1, 0.15) is 33.2 Å². The van der Waals surface area contributed by atoms with Gasteiger partial charge in [-0.05, 0) is 50.4 Å². The van der Waals surface area contributed by atoms with Crippen LogP contribution in [-0.2, 0) is 21.4 Å². The quantitative estimate of drug-likeness (QED) is 0.528. The number of sulfonamides is 1. The van der Waals surface area contributed by atoms with E-state index in [4.69, 9.17) is 14.2 Å². The van der Waals surface area contributed by atoms with E-state index < -0.39 is 16.0 Å². The maximum absolute atomic E-state index is 12.4. The fraction of sp³-hybridized carbons (Fsp3) is 0.263. The van der Waals surface area contributed by atoms with Crippen LogP contribution in [0.25, 0.3) is 0 Å². The Bertz CT molecular complexity index is 999. The molecule has 0 saturated carbocycles. The summed E-state index contributed by atoms with van der Waals surface area (Å²) < 4.78 is 42.0. The Morgan fingerprint density at radius 2 is 1.57 bits per heavy atom. The van der Waals surface area contributed by atoms with E-state index in [0.29, 0.717) is 16.9 Å². The minimum atomic E-state index is -3.83. The number of hydrogen-bond acceptors (Lipinski definition) is 7. The van der Waals surface area contributed by atoms with Gasteiger partial charge in [0.2, 0.25) is 10.0 Å². The molecule has 0 radical (unpaired) electrons. The average molecular weight is 407 g/mol. The van der Waals surface area contributed by atoms with Crippen LogP contribution in [0, 0.1) is 0 Å². The van der Waals surface area contributed by atoms with Crippen molar-refractivity contribution in [3.63, 3.8) is 0 Å². The molecule has 0 aliphatic heterocycles. The molecule has 0 aliphatic carbocycles. The number of hydrogen-bond donors (Lipinski definition) is 1. The summed E-state index contributed by atoms with van der Waals surface area (Å²) in [7, 11) is 0.222. The number of Topliss-reactive ketones (excluding diaryl/α,β-unsaturated/α-hetero) is 1. The summed E-state index contributed by atoms with van der Waals surface area (Å²) in [6, 6.07) is 8.77. The van der Waals surface area contributed by atoms with Gasteiger partial charge in [-0.25, -0.2) is 17.9 Å². The van der Waals surface area contributed by atoms with Gasteiger partial charge >= 0.3 is 5.97 Å². The maximum atomic E-state index is 12.4. The standard InChI is InChI=1S/C19H21NO7S/c1-12(21)13-5-7-16(25-3)15(9-13)11-27-19(22)14-6-8-17(26-4)18(10-14)28(23,24)20-2/h5-10,20H,11H2,1-4H3. The fourth-order valence-electron chi connectivity index (χ4n) is 2.46. The van der Waals surface area contributed by atoms with E-state index in [0.717, 1.165) is 0 Å². The molecule has 0 heterocycles. The fourth-order valence-corrected chi connectivity index (χ4v) is 3.38. The summed E-state index contributed by atoms with van der Waals surface area (Å²) >= 11 is 0. The van der Waals surface area contributed by atoms with Gasteiger partial charge in [0.05, 0.1) is 19.8 Å². The average Bonchev–Trinajstić information content (AvgIpc) is 2.71. The monoisotopic (exact) mass is 407 g/mol. The van der Waals surface area contributed by atoms with Crippen LogP contribution in [-0.4, -0.2) is 41.4 Å². The van der Waals surface area contributed by atoms with Gasteiger partial charge < -0.3 is 14.2 Å². The number of esters is 1. The summed E-state index contributed by atoms with van der Waals surface area (Å²) in [6.07, 6.45) is 0. The minimum Gasteiger partial charge on any atom is -0.496 e. The number of carbonyl (C=O) groups is 2. The van der Waals surface area contributed by atoms with Crippen LogP contribution in [0.2, 0.25) is 0 Å². The largest absolute Gasteiger partial charge is 0.496 e. The normalized spacial score (nSPS) is 11.0. The van der Waals surface area contributed by atoms with E-state index in [9.17, 15) is 18.0 Å². The van der Waals surface area contributed by atoms with Crippen molar-refractivity contribution in [3.05, 3.63) is 53.1 Å². The van der Waals surface area contributed by atoms with Gasteiger partial charge in [0.1, 0.15) is 23.0 Å². The van der Waals surface area contributed by atoms with Crippen LogP contribution in [0.4, 0.5) is 0 Å². The first-order chi connectivity index (χ1) is 13.2. The lowest BCUT2D eigenvalue weighted by molar-refractivity contribution is 0.0470. The maximum Gasteiger partial charge on any atom is 0.338 e. The van der Waals surface area contributed by atoms with Crippen molar-refractivity contribution >= 4 is 21.8 Å². The molecule has 2 rings (SSSR count). The Kier molecular flexibility index (Phi) is 6.76. The van der Waals surface area contributed by atoms with E-state index in [2.05, 4.69) is 4.72 Å². The minimum absolute atomic E-state index is 0.0383. The molecule has 0 unspecified atom stereocenters. The van der Waals surface area contributed by atoms with Crippen molar-refractivity contribution in [2.75, 3.05) is 21.3 Å². The molecule has 0 amide bonds. The highest BCUT2D eigenvalue weighted by atomic mass is 32.2. The van der Waals surface area contributed by atoms with Gasteiger partial charge in [-0.2, -0.15) is 0 Å². The molecule has 150 valence electrons. The van der Waals surface area contributed by atoms with E-state index in [1.165, 1.54) is 46.4 Å². The van der Waals surface area contributed by atoms with E-state index in [1.54, 1.807) is 18.2 Å². The van der Waals surface area contributed by atoms with Gasteiger partial charge in [0.25, 0.3) is 0 Å². The molecule has 0 bridgehead atoms. The van der Waals surface area contributed by atoms with Crippen molar-refractivity contribution in [2.45, 2.75) is 18.4 Å². The molecule has 2 aromatic rings. The smallest absolute Gasteiger partial charge is 0.338 e. The summed E-state index contributed by atoms with van der Waals surface area (Å²) in [5, 5.41) is 0. The molecule has 0 saturated heterocycles. The zero-order valence-corrected chi connectivity index (χ0v) is 16.8. The van der Waals surface area contributed by atoms with Crippen LogP contribution in [0.3, 0.4) is 0 Å². The van der Waals surface area contributed by atoms with Gasteiger partial charge in [0, 0.05) is 11.1 Å². The number of nitrogens with one attached hydrogen (secondary N) is 1. The van der Waals surface area contributed by atoms with E-state index in [-0.39, 0.29) is 28.6 Å². The number of carbonyl (C=O) groups excluding carboxylic acids is 2. The first-order valence-electron chi connectivity index (χ1n) is 8.20. The lowest BCUT2D eigenvalue weighted by Gasteiger charge is -2.12. The number of ketones is 1. The van der Waals surface area contributed by atoms with Crippen LogP contribution in [0.15, 0.2) is 41.3 Å². The Hall–Kier alpha value is -2.91. The molecule has 8 nitrogen and oxygen atoms in total. The predicted molar refractivity (Wildman–Crippen MR) is 101 cm³/mol. The van der Waals surface area contributed by atoms with E-state index in [1.807, 2.05) is 0 Å². The summed E-state index contributed by atoms with van der Waals surface area (Å²) in [6.45, 7) is 1.28. The van der Waals surface area contributed by atoms with Crippen LogP contribution < -0.4 is 14.2 Å². The molecule has 9 heteroatoms. The zero-order chi connectivity index (χ0) is 20.9. The molecule has 0 fully saturated rings. The zero-order valence-electron chi connectivity index (χ0n) is 15.9. The summed E-state index contributed by atoms with van der Waals surface area (Å²) in [5.74, 6) is -0.300. The molecular weight excluding hydrogens is 386 g/mol. The van der Waals surface area contributed by atoms with Crippen LogP contribution >= 0.6 is 0 Å². The molecule has 0 aromatic heterocycles. The highest BCUT2D eigenvalue weighted by Crippen LogP contribution is 2.26. The van der Waals surface area contributed by atoms with Crippen molar-refractivity contribution in [3.8, 4) is 11.5 Å². The van der Waals surface area contributed by atoms with Crippen molar-refractivity contribution in [1.82, 2.24) is 4.72 Å². The first-order valence-corrected chi connectivity index (χ1v) is 9.68. The summed E-state index contributed by atoms with van der Waals surface area (Å²) in [4.78, 5) is 23.8. The van der Waals surface area contributed by atoms with E-state index >= 15 is 0 Å². The number of benzene rings is 2. The van der Waals surface area contributed by atoms with Crippen molar-refractivity contribution in [2.24, 2.45) is 0 Å². The molecule has 0 aliphatic rings. The molecule has 0 spiro atoms. The second kappa shape index (κ2) is 8.85. The third-order valence-electron chi connectivity index (χ3n) is 4.00. The van der Waals surface area contributed by atoms with Gasteiger partial charge in [-0.15, -0.1) is 0 Å². The third kappa shape index (κ3) is 4.68.